The molecular weight excluding hydrogens is 208 g/mol. The molecule has 4 N–H and O–H groups in total. The molecule has 0 aliphatic carbocycles. The zero-order valence-electron chi connectivity index (χ0n) is 9.19. The highest BCUT2D eigenvalue weighted by Gasteiger charge is 1.97. The van der Waals surface area contributed by atoms with Gasteiger partial charge in [0.25, 0.3) is 0 Å². The standard InChI is InChI=1S/C10H18N4O2/c15-7-1-4-11-9-3-6-13-10(14-9)12-5-2-8-16/h3,6,15-16H,1-2,4-5,7-8H2,(H2,11,12,13,14). The second-order valence-corrected chi connectivity index (χ2v) is 3.27. The van der Waals surface area contributed by atoms with Crippen molar-refractivity contribution in [2.24, 2.45) is 0 Å². The lowest BCUT2D eigenvalue weighted by molar-refractivity contribution is 0.292. The molecule has 0 amide bonds. The van der Waals surface area contributed by atoms with Crippen molar-refractivity contribution in [1.29, 1.82) is 0 Å². The van der Waals surface area contributed by atoms with E-state index in [9.17, 15) is 0 Å². The summed E-state index contributed by atoms with van der Waals surface area (Å²) in [6.45, 7) is 1.65. The first-order valence-corrected chi connectivity index (χ1v) is 5.39. The van der Waals surface area contributed by atoms with Gasteiger partial charge < -0.3 is 20.8 Å². The van der Waals surface area contributed by atoms with Crippen LogP contribution in [-0.4, -0.2) is 46.5 Å². The Balaban J connectivity index is 2.37. The Morgan fingerprint density at radius 1 is 1.06 bits per heavy atom. The zero-order chi connectivity index (χ0) is 11.6. The molecule has 1 rings (SSSR count). The monoisotopic (exact) mass is 226 g/mol. The summed E-state index contributed by atoms with van der Waals surface area (Å²) in [5, 5.41) is 23.3. The summed E-state index contributed by atoms with van der Waals surface area (Å²) >= 11 is 0. The van der Waals surface area contributed by atoms with E-state index < -0.39 is 0 Å². The van der Waals surface area contributed by atoms with E-state index in [4.69, 9.17) is 10.2 Å². The van der Waals surface area contributed by atoms with Gasteiger partial charge in [-0.2, -0.15) is 4.98 Å². The molecule has 0 saturated carbocycles. The fraction of sp³-hybridized carbons (Fsp3) is 0.600. The number of nitrogens with one attached hydrogen (secondary N) is 2. The number of nitrogens with zero attached hydrogens (tertiary/aromatic N) is 2. The summed E-state index contributed by atoms with van der Waals surface area (Å²) in [5.41, 5.74) is 0. The van der Waals surface area contributed by atoms with Crippen LogP contribution in [0.15, 0.2) is 12.3 Å². The zero-order valence-corrected chi connectivity index (χ0v) is 9.19. The Hall–Kier alpha value is -1.40. The number of hydrogen-bond acceptors (Lipinski definition) is 6. The van der Waals surface area contributed by atoms with Gasteiger partial charge in [0.15, 0.2) is 0 Å². The molecule has 0 radical (unpaired) electrons. The first-order chi connectivity index (χ1) is 7.86. The van der Waals surface area contributed by atoms with E-state index in [1.807, 2.05) is 0 Å². The van der Waals surface area contributed by atoms with Crippen LogP contribution in [-0.2, 0) is 0 Å². The maximum absolute atomic E-state index is 8.63. The van der Waals surface area contributed by atoms with Gasteiger partial charge in [0, 0.05) is 32.5 Å². The molecule has 0 aliphatic rings. The van der Waals surface area contributed by atoms with Gasteiger partial charge in [-0.05, 0) is 18.9 Å². The number of aliphatic hydroxyl groups is 2. The van der Waals surface area contributed by atoms with Crippen molar-refractivity contribution in [3.63, 3.8) is 0 Å². The maximum Gasteiger partial charge on any atom is 0.224 e. The minimum atomic E-state index is 0.154. The van der Waals surface area contributed by atoms with Gasteiger partial charge >= 0.3 is 0 Å². The van der Waals surface area contributed by atoms with Crippen LogP contribution in [0.3, 0.4) is 0 Å². The minimum absolute atomic E-state index is 0.154. The molecule has 90 valence electrons. The van der Waals surface area contributed by atoms with Gasteiger partial charge in [-0.15, -0.1) is 0 Å². The molecule has 0 bridgehead atoms. The van der Waals surface area contributed by atoms with Gasteiger partial charge in [0.2, 0.25) is 5.95 Å². The largest absolute Gasteiger partial charge is 0.396 e. The molecular formula is C10H18N4O2. The predicted octanol–water partition coefficient (Wildman–Crippen LogP) is 0.0652. The van der Waals surface area contributed by atoms with Crippen LogP contribution in [0, 0.1) is 0 Å². The van der Waals surface area contributed by atoms with Crippen LogP contribution in [0.4, 0.5) is 11.8 Å². The smallest absolute Gasteiger partial charge is 0.224 e. The first-order valence-electron chi connectivity index (χ1n) is 5.39. The van der Waals surface area contributed by atoms with E-state index in [-0.39, 0.29) is 13.2 Å². The summed E-state index contributed by atoms with van der Waals surface area (Å²) in [4.78, 5) is 8.27. The van der Waals surface area contributed by atoms with Gasteiger partial charge in [0.1, 0.15) is 5.82 Å². The summed E-state index contributed by atoms with van der Waals surface area (Å²) in [6, 6.07) is 1.77. The third-order valence-electron chi connectivity index (χ3n) is 1.91. The number of anilines is 2. The van der Waals surface area contributed by atoms with Crippen molar-refractivity contribution in [2.75, 3.05) is 36.9 Å². The van der Waals surface area contributed by atoms with Crippen LogP contribution >= 0.6 is 0 Å². The Morgan fingerprint density at radius 3 is 2.44 bits per heavy atom. The quantitative estimate of drug-likeness (QED) is 0.469. The summed E-state index contributed by atoms with van der Waals surface area (Å²) in [7, 11) is 0. The molecule has 0 unspecified atom stereocenters. The van der Waals surface area contributed by atoms with Crippen molar-refractivity contribution >= 4 is 11.8 Å². The van der Waals surface area contributed by atoms with Crippen molar-refractivity contribution < 1.29 is 10.2 Å². The highest BCUT2D eigenvalue weighted by molar-refractivity contribution is 5.39. The Labute approximate surface area is 94.7 Å². The van der Waals surface area contributed by atoms with E-state index >= 15 is 0 Å². The van der Waals surface area contributed by atoms with Crippen LogP contribution in [0.25, 0.3) is 0 Å². The molecule has 1 aromatic heterocycles. The number of aliphatic hydroxyl groups excluding tert-OH is 2. The van der Waals surface area contributed by atoms with Crippen LogP contribution in [0.5, 0.6) is 0 Å². The van der Waals surface area contributed by atoms with Crippen LogP contribution < -0.4 is 10.6 Å². The fourth-order valence-corrected chi connectivity index (χ4v) is 1.12. The third-order valence-corrected chi connectivity index (χ3v) is 1.91. The molecule has 0 atom stereocenters. The van der Waals surface area contributed by atoms with Gasteiger partial charge in [-0.25, -0.2) is 4.98 Å². The SMILES string of the molecule is OCCCNc1ccnc(NCCCO)n1. The Morgan fingerprint density at radius 2 is 1.75 bits per heavy atom. The molecule has 16 heavy (non-hydrogen) atoms. The van der Waals surface area contributed by atoms with E-state index in [1.165, 1.54) is 0 Å². The molecule has 1 aromatic rings. The lowest BCUT2D eigenvalue weighted by Gasteiger charge is -2.07. The molecule has 0 spiro atoms. The molecule has 0 aliphatic heterocycles. The number of hydrogen-bond donors (Lipinski definition) is 4. The highest BCUT2D eigenvalue weighted by atomic mass is 16.3. The van der Waals surface area contributed by atoms with E-state index in [0.717, 1.165) is 5.82 Å². The third kappa shape index (κ3) is 4.90. The van der Waals surface area contributed by atoms with Crippen LogP contribution in [0.2, 0.25) is 0 Å². The van der Waals surface area contributed by atoms with Crippen molar-refractivity contribution in [3.8, 4) is 0 Å². The average Bonchev–Trinajstić information content (AvgIpc) is 2.30. The summed E-state index contributed by atoms with van der Waals surface area (Å²) in [6.07, 6.45) is 3.03. The lowest BCUT2D eigenvalue weighted by atomic mass is 10.4. The molecule has 6 heteroatoms. The molecule has 0 fully saturated rings. The lowest BCUT2D eigenvalue weighted by Crippen LogP contribution is -2.09. The van der Waals surface area contributed by atoms with Crippen molar-refractivity contribution in [2.45, 2.75) is 12.8 Å². The van der Waals surface area contributed by atoms with Crippen LogP contribution in [0.1, 0.15) is 12.8 Å². The minimum Gasteiger partial charge on any atom is -0.396 e. The topological polar surface area (TPSA) is 90.3 Å². The average molecular weight is 226 g/mol. The van der Waals surface area contributed by atoms with E-state index in [2.05, 4.69) is 20.6 Å². The highest BCUT2D eigenvalue weighted by Crippen LogP contribution is 2.05. The fourth-order valence-electron chi connectivity index (χ4n) is 1.12. The summed E-state index contributed by atoms with van der Waals surface area (Å²) < 4.78 is 0. The maximum atomic E-state index is 8.63. The van der Waals surface area contributed by atoms with E-state index in [1.54, 1.807) is 12.3 Å². The second kappa shape index (κ2) is 7.84. The molecule has 1 heterocycles. The molecule has 0 aromatic carbocycles. The molecule has 0 saturated heterocycles. The first kappa shape index (κ1) is 12.7. The Kier molecular flexibility index (Phi) is 6.20. The van der Waals surface area contributed by atoms with Crippen molar-refractivity contribution in [1.82, 2.24) is 9.97 Å². The second-order valence-electron chi connectivity index (χ2n) is 3.27. The van der Waals surface area contributed by atoms with Crippen molar-refractivity contribution in [3.05, 3.63) is 12.3 Å². The normalized spacial score (nSPS) is 10.1. The number of rotatable bonds is 8. The molecule has 6 nitrogen and oxygen atoms in total. The Bertz CT molecular complexity index is 271. The van der Waals surface area contributed by atoms with Gasteiger partial charge in [0.05, 0.1) is 0 Å². The predicted molar refractivity (Wildman–Crippen MR) is 62.4 cm³/mol. The van der Waals surface area contributed by atoms with E-state index in [0.29, 0.717) is 31.9 Å². The summed E-state index contributed by atoms with van der Waals surface area (Å²) in [5.74, 6) is 1.28. The number of aromatic nitrogens is 2. The van der Waals surface area contributed by atoms with Gasteiger partial charge in [-0.3, -0.25) is 0 Å². The van der Waals surface area contributed by atoms with Gasteiger partial charge in [-0.1, -0.05) is 0 Å².